The molecule has 0 spiro atoms. The Morgan fingerprint density at radius 1 is 0.405 bits per heavy atom. The highest BCUT2D eigenvalue weighted by molar-refractivity contribution is 5.86. The van der Waals surface area contributed by atoms with Crippen LogP contribution in [0.3, 0.4) is 0 Å². The summed E-state index contributed by atoms with van der Waals surface area (Å²) < 4.78 is 6.29. The standard InChI is InChI=1S/C41H32O/c1-40(2)35-15-9-10-16-38(35)42-39-24-22-30(26-37(39)40)28-19-17-27(18-20-28)29-21-23-33-32-13-7-8-14-34(32)41(3,36(33)25-29)31-11-5-4-6-12-31/h4-26H,1-3H3. The largest absolute Gasteiger partial charge is 0.457 e. The summed E-state index contributed by atoms with van der Waals surface area (Å²) in [6.45, 7) is 6.95. The summed E-state index contributed by atoms with van der Waals surface area (Å²) in [5.74, 6) is 1.90. The van der Waals surface area contributed by atoms with E-state index in [4.69, 9.17) is 4.74 Å². The van der Waals surface area contributed by atoms with Gasteiger partial charge in [0.25, 0.3) is 0 Å². The van der Waals surface area contributed by atoms with Gasteiger partial charge in [0.2, 0.25) is 0 Å². The van der Waals surface area contributed by atoms with E-state index in [1.807, 2.05) is 6.07 Å². The molecule has 42 heavy (non-hydrogen) atoms. The fourth-order valence-electron chi connectivity index (χ4n) is 7.23. The molecule has 2 aliphatic rings. The molecule has 1 aliphatic heterocycles. The van der Waals surface area contributed by atoms with Crippen molar-refractivity contribution in [3.63, 3.8) is 0 Å². The van der Waals surface area contributed by atoms with Crippen LogP contribution < -0.4 is 4.74 Å². The Morgan fingerprint density at radius 3 is 1.67 bits per heavy atom. The summed E-state index contributed by atoms with van der Waals surface area (Å²) in [6, 6.07) is 50.8. The smallest absolute Gasteiger partial charge is 0.131 e. The SMILES string of the molecule is CC1(C)c2ccccc2Oc2ccc(-c3ccc(-c4ccc5c(c4)C(C)(c4ccccc4)c4ccccc4-5)cc3)cc21. The second kappa shape index (κ2) is 9.06. The lowest BCUT2D eigenvalue weighted by Gasteiger charge is -2.34. The Morgan fingerprint density at radius 2 is 0.929 bits per heavy atom. The van der Waals surface area contributed by atoms with Crippen molar-refractivity contribution in [1.82, 2.24) is 0 Å². The lowest BCUT2D eigenvalue weighted by Crippen LogP contribution is -2.24. The summed E-state index contributed by atoms with van der Waals surface area (Å²) in [5.41, 5.74) is 13.7. The van der Waals surface area contributed by atoms with Gasteiger partial charge in [-0.25, -0.2) is 0 Å². The van der Waals surface area contributed by atoms with Crippen LogP contribution in [0.4, 0.5) is 0 Å². The molecule has 0 aromatic heterocycles. The molecule has 1 nitrogen and oxygen atoms in total. The zero-order valence-corrected chi connectivity index (χ0v) is 24.2. The molecule has 1 atom stereocenters. The van der Waals surface area contributed by atoms with E-state index in [9.17, 15) is 0 Å². The Balaban J connectivity index is 1.17. The number of ether oxygens (including phenoxy) is 1. The van der Waals surface area contributed by atoms with Crippen molar-refractivity contribution >= 4 is 0 Å². The third-order valence-corrected chi connectivity index (χ3v) is 9.65. The van der Waals surface area contributed by atoms with E-state index in [0.717, 1.165) is 11.5 Å². The van der Waals surface area contributed by atoms with Gasteiger partial charge in [-0.1, -0.05) is 129 Å². The van der Waals surface area contributed by atoms with Gasteiger partial charge in [0, 0.05) is 22.0 Å². The first-order valence-corrected chi connectivity index (χ1v) is 14.8. The molecule has 0 N–H and O–H groups in total. The molecule has 0 bridgehead atoms. The number of benzene rings is 6. The normalized spacial score (nSPS) is 17.4. The predicted octanol–water partition coefficient (Wildman–Crippen LogP) is 10.8. The lowest BCUT2D eigenvalue weighted by molar-refractivity contribution is 0.418. The van der Waals surface area contributed by atoms with Crippen molar-refractivity contribution in [2.24, 2.45) is 0 Å². The third kappa shape index (κ3) is 3.56. The molecular weight excluding hydrogens is 508 g/mol. The molecule has 1 unspecified atom stereocenters. The van der Waals surface area contributed by atoms with E-state index >= 15 is 0 Å². The monoisotopic (exact) mass is 540 g/mol. The summed E-state index contributed by atoms with van der Waals surface area (Å²) in [6.07, 6.45) is 0. The highest BCUT2D eigenvalue weighted by Crippen LogP contribution is 2.53. The molecule has 1 heterocycles. The van der Waals surface area contributed by atoms with Crippen molar-refractivity contribution in [3.8, 4) is 44.9 Å². The average Bonchev–Trinajstić information content (AvgIpc) is 3.30. The van der Waals surface area contributed by atoms with Crippen LogP contribution in [0.1, 0.15) is 48.6 Å². The highest BCUT2D eigenvalue weighted by atomic mass is 16.5. The summed E-state index contributed by atoms with van der Waals surface area (Å²) >= 11 is 0. The molecule has 1 aliphatic carbocycles. The van der Waals surface area contributed by atoms with Crippen LogP contribution in [0.15, 0.2) is 140 Å². The zero-order valence-electron chi connectivity index (χ0n) is 24.2. The molecule has 0 fully saturated rings. The van der Waals surface area contributed by atoms with E-state index in [1.54, 1.807) is 0 Å². The predicted molar refractivity (Wildman–Crippen MR) is 173 cm³/mol. The second-order valence-corrected chi connectivity index (χ2v) is 12.3. The third-order valence-electron chi connectivity index (χ3n) is 9.65. The van der Waals surface area contributed by atoms with Crippen LogP contribution in [0.25, 0.3) is 33.4 Å². The van der Waals surface area contributed by atoms with E-state index in [-0.39, 0.29) is 10.8 Å². The number of para-hydroxylation sites is 1. The van der Waals surface area contributed by atoms with Gasteiger partial charge in [-0.15, -0.1) is 0 Å². The zero-order chi connectivity index (χ0) is 28.5. The van der Waals surface area contributed by atoms with E-state index in [2.05, 4.69) is 154 Å². The molecular formula is C41H32O. The van der Waals surface area contributed by atoms with E-state index in [1.165, 1.54) is 61.2 Å². The van der Waals surface area contributed by atoms with Gasteiger partial charge in [-0.3, -0.25) is 0 Å². The molecule has 0 amide bonds. The van der Waals surface area contributed by atoms with Gasteiger partial charge in [-0.2, -0.15) is 0 Å². The lowest BCUT2D eigenvalue weighted by atomic mass is 9.74. The van der Waals surface area contributed by atoms with Crippen LogP contribution in [-0.4, -0.2) is 0 Å². The van der Waals surface area contributed by atoms with E-state index in [0.29, 0.717) is 0 Å². The summed E-state index contributed by atoms with van der Waals surface area (Å²) in [5, 5.41) is 0. The van der Waals surface area contributed by atoms with Gasteiger partial charge in [0.15, 0.2) is 0 Å². The van der Waals surface area contributed by atoms with Crippen molar-refractivity contribution in [1.29, 1.82) is 0 Å². The van der Waals surface area contributed by atoms with Crippen molar-refractivity contribution in [2.45, 2.75) is 31.6 Å². The van der Waals surface area contributed by atoms with Gasteiger partial charge < -0.3 is 4.74 Å². The maximum absolute atomic E-state index is 6.29. The van der Waals surface area contributed by atoms with Crippen LogP contribution in [-0.2, 0) is 10.8 Å². The van der Waals surface area contributed by atoms with Gasteiger partial charge in [0.05, 0.1) is 0 Å². The number of rotatable bonds is 3. The fourth-order valence-corrected chi connectivity index (χ4v) is 7.23. The van der Waals surface area contributed by atoms with Crippen LogP contribution in [0.2, 0.25) is 0 Å². The van der Waals surface area contributed by atoms with Crippen LogP contribution in [0.5, 0.6) is 11.5 Å². The maximum atomic E-state index is 6.29. The van der Waals surface area contributed by atoms with Crippen LogP contribution in [0, 0.1) is 0 Å². The first-order chi connectivity index (χ1) is 20.4. The Bertz CT molecular complexity index is 1980. The average molecular weight is 541 g/mol. The number of hydrogen-bond donors (Lipinski definition) is 0. The Kier molecular flexibility index (Phi) is 5.37. The molecule has 0 radical (unpaired) electrons. The highest BCUT2D eigenvalue weighted by Gasteiger charge is 2.40. The number of fused-ring (bicyclic) bond motifs is 5. The second-order valence-electron chi connectivity index (χ2n) is 12.3. The minimum absolute atomic E-state index is 0.131. The maximum Gasteiger partial charge on any atom is 0.131 e. The Hall–Kier alpha value is -4.88. The molecule has 6 aromatic carbocycles. The molecule has 8 rings (SSSR count). The summed E-state index contributed by atoms with van der Waals surface area (Å²) in [7, 11) is 0. The van der Waals surface area contributed by atoms with Gasteiger partial charge >= 0.3 is 0 Å². The van der Waals surface area contributed by atoms with Gasteiger partial charge in [-0.05, 0) is 81.3 Å². The van der Waals surface area contributed by atoms with Gasteiger partial charge in [0.1, 0.15) is 11.5 Å². The van der Waals surface area contributed by atoms with Crippen molar-refractivity contribution in [3.05, 3.63) is 167 Å². The van der Waals surface area contributed by atoms with Crippen molar-refractivity contribution in [2.75, 3.05) is 0 Å². The Labute approximate surface area is 248 Å². The fraction of sp³-hybridized carbons (Fsp3) is 0.122. The first-order valence-electron chi connectivity index (χ1n) is 14.8. The van der Waals surface area contributed by atoms with Crippen LogP contribution >= 0.6 is 0 Å². The van der Waals surface area contributed by atoms with E-state index < -0.39 is 0 Å². The number of hydrogen-bond acceptors (Lipinski definition) is 1. The molecule has 0 saturated heterocycles. The molecule has 6 aromatic rings. The first kappa shape index (κ1) is 24.9. The van der Waals surface area contributed by atoms with Crippen molar-refractivity contribution < 1.29 is 4.74 Å². The quantitative estimate of drug-likeness (QED) is 0.217. The summed E-state index contributed by atoms with van der Waals surface area (Å²) in [4.78, 5) is 0. The molecule has 0 saturated carbocycles. The molecule has 1 heteroatoms. The topological polar surface area (TPSA) is 9.23 Å². The minimum Gasteiger partial charge on any atom is -0.457 e. The molecule has 202 valence electrons. The minimum atomic E-state index is -0.195.